The molecule has 110 valence electrons. The fraction of sp³-hybridized carbons (Fsp3) is 0. The summed E-state index contributed by atoms with van der Waals surface area (Å²) in [5, 5.41) is 0. The number of nitrogens with two attached hydrogens (primary N) is 1. The molecule has 4 N–H and O–H groups in total. The van der Waals surface area contributed by atoms with E-state index < -0.39 is 33.0 Å². The van der Waals surface area contributed by atoms with Crippen molar-refractivity contribution in [3.8, 4) is 0 Å². The van der Waals surface area contributed by atoms with Crippen molar-refractivity contribution in [3.05, 3.63) is 58.3 Å². The summed E-state index contributed by atoms with van der Waals surface area (Å²) in [4.78, 5) is 23.9. The quantitative estimate of drug-likeness (QED) is 0.757. The highest BCUT2D eigenvalue weighted by atomic mass is 32.2. The van der Waals surface area contributed by atoms with Gasteiger partial charge in [0.25, 0.3) is 10.0 Å². The molecule has 0 atom stereocenters. The molecule has 1 aromatic carbocycles. The lowest BCUT2D eigenvalue weighted by Crippen LogP contribution is -2.17. The third kappa shape index (κ3) is 3.26. The van der Waals surface area contributed by atoms with Crippen molar-refractivity contribution in [1.29, 1.82) is 0 Å². The Labute approximate surface area is 118 Å². The van der Waals surface area contributed by atoms with Gasteiger partial charge < -0.3 is 10.7 Å². The van der Waals surface area contributed by atoms with E-state index in [9.17, 15) is 22.4 Å². The summed E-state index contributed by atoms with van der Waals surface area (Å²) in [6, 6.07) is 5.13. The molecule has 21 heavy (non-hydrogen) atoms. The topological polar surface area (TPSA) is 122 Å². The highest BCUT2D eigenvalue weighted by Gasteiger charge is 2.17. The van der Waals surface area contributed by atoms with Crippen LogP contribution in [0.1, 0.15) is 10.4 Å². The first kappa shape index (κ1) is 14.7. The molecule has 0 aliphatic heterocycles. The number of hydrogen-bond acceptors (Lipinski definition) is 4. The average Bonchev–Trinajstić information content (AvgIpc) is 2.41. The van der Waals surface area contributed by atoms with E-state index in [0.717, 1.165) is 36.5 Å². The molecule has 0 saturated heterocycles. The molecule has 1 amide bonds. The summed E-state index contributed by atoms with van der Waals surface area (Å²) < 4.78 is 39.7. The lowest BCUT2D eigenvalue weighted by Gasteiger charge is -2.09. The van der Waals surface area contributed by atoms with E-state index >= 15 is 0 Å². The highest BCUT2D eigenvalue weighted by molar-refractivity contribution is 7.92. The minimum Gasteiger partial charge on any atom is -0.366 e. The first-order valence-corrected chi connectivity index (χ1v) is 7.09. The van der Waals surface area contributed by atoms with Crippen molar-refractivity contribution in [2.45, 2.75) is 4.90 Å². The average molecular weight is 311 g/mol. The summed E-state index contributed by atoms with van der Waals surface area (Å²) >= 11 is 0. The third-order valence-corrected chi connectivity index (χ3v) is 3.92. The first-order chi connectivity index (χ1) is 9.79. The number of pyridine rings is 1. The SMILES string of the molecule is NC(=O)c1ccc(F)c(NS(=O)(=O)c2ccc(=O)[nH]c2)c1. The maximum Gasteiger partial charge on any atom is 0.263 e. The minimum atomic E-state index is -4.11. The number of carbonyl (C=O) groups excluding carboxylic acids is 1. The number of nitrogens with one attached hydrogen (secondary N) is 2. The summed E-state index contributed by atoms with van der Waals surface area (Å²) in [6.45, 7) is 0. The molecular formula is C12H10FN3O4S. The van der Waals surface area contributed by atoms with E-state index in [1.807, 2.05) is 4.72 Å². The van der Waals surface area contributed by atoms with Crippen LogP contribution in [-0.2, 0) is 10.0 Å². The molecule has 1 heterocycles. The van der Waals surface area contributed by atoms with Crippen molar-refractivity contribution < 1.29 is 17.6 Å². The summed E-state index contributed by atoms with van der Waals surface area (Å²) in [7, 11) is -4.11. The largest absolute Gasteiger partial charge is 0.366 e. The lowest BCUT2D eigenvalue weighted by atomic mass is 10.2. The van der Waals surface area contributed by atoms with Crippen LogP contribution in [-0.4, -0.2) is 19.3 Å². The van der Waals surface area contributed by atoms with Crippen LogP contribution in [0.3, 0.4) is 0 Å². The second-order valence-corrected chi connectivity index (χ2v) is 5.74. The number of anilines is 1. The second-order valence-electron chi connectivity index (χ2n) is 4.05. The van der Waals surface area contributed by atoms with E-state index in [1.54, 1.807) is 0 Å². The van der Waals surface area contributed by atoms with Gasteiger partial charge in [-0.25, -0.2) is 12.8 Å². The third-order valence-electron chi connectivity index (χ3n) is 2.56. The van der Waals surface area contributed by atoms with Crippen LogP contribution in [0, 0.1) is 5.82 Å². The molecule has 0 aliphatic carbocycles. The lowest BCUT2D eigenvalue weighted by molar-refractivity contribution is 0.100. The van der Waals surface area contributed by atoms with Crippen molar-refractivity contribution in [3.63, 3.8) is 0 Å². The molecule has 1 aromatic heterocycles. The van der Waals surface area contributed by atoms with Crippen molar-refractivity contribution in [2.24, 2.45) is 5.73 Å². The van der Waals surface area contributed by atoms with Crippen molar-refractivity contribution in [2.75, 3.05) is 4.72 Å². The second kappa shape index (κ2) is 5.37. The number of hydrogen-bond donors (Lipinski definition) is 3. The zero-order valence-corrected chi connectivity index (χ0v) is 11.3. The van der Waals surface area contributed by atoms with Crippen LogP contribution in [0.4, 0.5) is 10.1 Å². The van der Waals surface area contributed by atoms with Gasteiger partial charge in [-0.2, -0.15) is 0 Å². The zero-order valence-electron chi connectivity index (χ0n) is 10.5. The molecule has 9 heteroatoms. The molecular weight excluding hydrogens is 301 g/mol. The molecule has 2 aromatic rings. The number of rotatable bonds is 4. The van der Waals surface area contributed by atoms with Crippen LogP contribution in [0.25, 0.3) is 0 Å². The number of H-pyrrole nitrogens is 1. The van der Waals surface area contributed by atoms with Gasteiger partial charge in [0.15, 0.2) is 0 Å². The van der Waals surface area contributed by atoms with Crippen LogP contribution in [0.5, 0.6) is 0 Å². The Hall–Kier alpha value is -2.68. The number of halogens is 1. The number of carbonyl (C=O) groups is 1. The molecule has 7 nitrogen and oxygen atoms in total. The Bertz CT molecular complexity index is 841. The number of sulfonamides is 1. The van der Waals surface area contributed by atoms with E-state index in [-0.39, 0.29) is 10.5 Å². The van der Waals surface area contributed by atoms with Gasteiger partial charge in [-0.05, 0) is 24.3 Å². The van der Waals surface area contributed by atoms with Crippen molar-refractivity contribution in [1.82, 2.24) is 4.98 Å². The van der Waals surface area contributed by atoms with Crippen LogP contribution < -0.4 is 16.0 Å². The zero-order chi connectivity index (χ0) is 15.6. The highest BCUT2D eigenvalue weighted by Crippen LogP contribution is 2.20. The molecule has 0 saturated carbocycles. The summed E-state index contributed by atoms with van der Waals surface area (Å²) in [5.74, 6) is -1.69. The van der Waals surface area contributed by atoms with E-state index in [1.165, 1.54) is 0 Å². The Morgan fingerprint density at radius 1 is 1.24 bits per heavy atom. The smallest absolute Gasteiger partial charge is 0.263 e. The molecule has 2 rings (SSSR count). The predicted octanol–water partition coefficient (Wildman–Crippen LogP) is 0.414. The van der Waals surface area contributed by atoms with Gasteiger partial charge in [-0.3, -0.25) is 14.3 Å². The molecule has 0 spiro atoms. The van der Waals surface area contributed by atoms with Gasteiger partial charge in [-0.15, -0.1) is 0 Å². The standard InChI is InChI=1S/C12H10FN3O4S/c13-9-3-1-7(12(14)18)5-10(9)16-21(19,20)8-2-4-11(17)15-6-8/h1-6,16H,(H2,14,18)(H,15,17). The number of benzene rings is 1. The van der Waals surface area contributed by atoms with Crippen molar-refractivity contribution >= 4 is 21.6 Å². The van der Waals surface area contributed by atoms with Gasteiger partial charge in [0, 0.05) is 17.8 Å². The number of aromatic amines is 1. The number of amides is 1. The first-order valence-electron chi connectivity index (χ1n) is 5.60. The number of primary amides is 1. The van der Waals surface area contributed by atoms with Crippen LogP contribution in [0.15, 0.2) is 46.2 Å². The molecule has 0 bridgehead atoms. The van der Waals surface area contributed by atoms with E-state index in [4.69, 9.17) is 5.73 Å². The van der Waals surface area contributed by atoms with Gasteiger partial charge in [0.1, 0.15) is 10.7 Å². The van der Waals surface area contributed by atoms with Gasteiger partial charge >= 0.3 is 0 Å². The molecule has 0 fully saturated rings. The van der Waals surface area contributed by atoms with E-state index in [0.29, 0.717) is 0 Å². The molecule has 0 aliphatic rings. The van der Waals surface area contributed by atoms with Crippen LogP contribution >= 0.6 is 0 Å². The predicted molar refractivity (Wildman–Crippen MR) is 72.8 cm³/mol. The minimum absolute atomic E-state index is 0.0458. The maximum atomic E-state index is 13.6. The monoisotopic (exact) mass is 311 g/mol. The van der Waals surface area contributed by atoms with Crippen LogP contribution in [0.2, 0.25) is 0 Å². The summed E-state index contributed by atoms with van der Waals surface area (Å²) in [6.07, 6.45) is 0.973. The summed E-state index contributed by atoms with van der Waals surface area (Å²) in [5.41, 5.74) is 4.11. The Balaban J connectivity index is 2.41. The number of aromatic nitrogens is 1. The van der Waals surface area contributed by atoms with Gasteiger partial charge in [0.05, 0.1) is 5.69 Å². The maximum absolute atomic E-state index is 13.6. The van der Waals surface area contributed by atoms with Gasteiger partial charge in [0.2, 0.25) is 11.5 Å². The van der Waals surface area contributed by atoms with E-state index in [2.05, 4.69) is 4.98 Å². The van der Waals surface area contributed by atoms with Gasteiger partial charge in [-0.1, -0.05) is 0 Å². The molecule has 0 unspecified atom stereocenters. The normalized spacial score (nSPS) is 11.1. The Morgan fingerprint density at radius 2 is 1.95 bits per heavy atom. The Kier molecular flexibility index (Phi) is 3.76. The fourth-order valence-electron chi connectivity index (χ4n) is 1.52. The fourth-order valence-corrected chi connectivity index (χ4v) is 2.55. The molecule has 0 radical (unpaired) electrons. The Morgan fingerprint density at radius 3 is 2.52 bits per heavy atom.